The van der Waals surface area contributed by atoms with Crippen LogP contribution < -0.4 is 5.32 Å². The van der Waals surface area contributed by atoms with E-state index in [1.54, 1.807) is 0 Å². The van der Waals surface area contributed by atoms with E-state index < -0.39 is 0 Å². The summed E-state index contributed by atoms with van der Waals surface area (Å²) in [6, 6.07) is 0.526. The number of rotatable bonds is 5. The molecule has 1 saturated carbocycles. The molecule has 2 aliphatic heterocycles. The average molecular weight is 450 g/mol. The van der Waals surface area contributed by atoms with E-state index in [9.17, 15) is 4.79 Å². The van der Waals surface area contributed by atoms with Crippen LogP contribution in [0.5, 0.6) is 0 Å². The largest absolute Gasteiger partial charge is 0.381 e. The summed E-state index contributed by atoms with van der Waals surface area (Å²) >= 11 is 0. The summed E-state index contributed by atoms with van der Waals surface area (Å²) in [6.45, 7) is 7.75. The Kier molecular flexibility index (Phi) is 8.06. The number of nitrogens with zero attached hydrogens (tertiary/aromatic N) is 3. The van der Waals surface area contributed by atoms with Gasteiger partial charge in [-0.2, -0.15) is 0 Å². The maximum absolute atomic E-state index is 12.3. The standard InChI is InChI=1S/C17H30N4O2.HI/c1-2-18-17(19-8-5-14-6-11-23-12-7-14)20-9-10-21(15-3-4-15)16(22)13-20;/h14-15H,2-13H2,1H3,(H,18,19);1H. The summed E-state index contributed by atoms with van der Waals surface area (Å²) in [4.78, 5) is 21.3. The fourth-order valence-corrected chi connectivity index (χ4v) is 3.45. The highest BCUT2D eigenvalue weighted by Gasteiger charge is 2.36. The van der Waals surface area contributed by atoms with Gasteiger partial charge in [0.1, 0.15) is 0 Å². The number of carbonyl (C=O) groups is 1. The Morgan fingerprint density at radius 1 is 1.25 bits per heavy atom. The van der Waals surface area contributed by atoms with Crippen LogP contribution in [-0.4, -0.2) is 73.6 Å². The summed E-state index contributed by atoms with van der Waals surface area (Å²) in [7, 11) is 0. The third-order valence-electron chi connectivity index (χ3n) is 5.02. The van der Waals surface area contributed by atoms with Gasteiger partial charge in [0.15, 0.2) is 5.96 Å². The topological polar surface area (TPSA) is 57.2 Å². The van der Waals surface area contributed by atoms with Crippen LogP contribution in [-0.2, 0) is 9.53 Å². The van der Waals surface area contributed by atoms with Crippen molar-refractivity contribution in [2.24, 2.45) is 10.9 Å². The van der Waals surface area contributed by atoms with Crippen LogP contribution in [0.15, 0.2) is 4.99 Å². The summed E-state index contributed by atoms with van der Waals surface area (Å²) in [5, 5.41) is 3.35. The Balaban J connectivity index is 0.00000208. The number of amides is 1. The summed E-state index contributed by atoms with van der Waals surface area (Å²) < 4.78 is 5.41. The fraction of sp³-hybridized carbons (Fsp3) is 0.882. The van der Waals surface area contributed by atoms with Gasteiger partial charge in [-0.25, -0.2) is 0 Å². The highest BCUT2D eigenvalue weighted by Crippen LogP contribution is 2.28. The molecule has 6 nitrogen and oxygen atoms in total. The molecule has 0 aromatic carbocycles. The molecule has 0 unspecified atom stereocenters. The normalized spacial score (nSPS) is 23.2. The van der Waals surface area contributed by atoms with Crippen molar-refractivity contribution < 1.29 is 9.53 Å². The molecule has 1 aliphatic carbocycles. The molecule has 1 amide bonds. The van der Waals surface area contributed by atoms with Crippen LogP contribution in [0.3, 0.4) is 0 Å². The molecule has 24 heavy (non-hydrogen) atoms. The van der Waals surface area contributed by atoms with E-state index in [0.717, 1.165) is 70.5 Å². The van der Waals surface area contributed by atoms with Gasteiger partial charge in [0.2, 0.25) is 5.91 Å². The Labute approximate surface area is 162 Å². The minimum Gasteiger partial charge on any atom is -0.381 e. The maximum Gasteiger partial charge on any atom is 0.242 e. The lowest BCUT2D eigenvalue weighted by atomic mass is 9.97. The number of hydrogen-bond donors (Lipinski definition) is 1. The Morgan fingerprint density at radius 3 is 2.62 bits per heavy atom. The van der Waals surface area contributed by atoms with Crippen molar-refractivity contribution in [3.05, 3.63) is 0 Å². The van der Waals surface area contributed by atoms with E-state index in [1.807, 2.05) is 0 Å². The molecule has 2 heterocycles. The molecule has 3 fully saturated rings. The van der Waals surface area contributed by atoms with Gasteiger partial charge < -0.3 is 19.9 Å². The fourth-order valence-electron chi connectivity index (χ4n) is 3.45. The maximum atomic E-state index is 12.3. The average Bonchev–Trinajstić information content (AvgIpc) is 3.40. The first-order valence-electron chi connectivity index (χ1n) is 9.18. The van der Waals surface area contributed by atoms with Gasteiger partial charge in [0.05, 0.1) is 6.54 Å². The second-order valence-electron chi connectivity index (χ2n) is 6.82. The zero-order valence-electron chi connectivity index (χ0n) is 14.7. The molecule has 0 bridgehead atoms. The lowest BCUT2D eigenvalue weighted by Gasteiger charge is -2.36. The van der Waals surface area contributed by atoms with Crippen molar-refractivity contribution in [2.45, 2.75) is 45.1 Å². The number of carbonyl (C=O) groups excluding carboxylic acids is 1. The van der Waals surface area contributed by atoms with Crippen molar-refractivity contribution in [3.63, 3.8) is 0 Å². The molecule has 0 aromatic heterocycles. The number of nitrogens with one attached hydrogen (secondary N) is 1. The first-order valence-corrected chi connectivity index (χ1v) is 9.18. The number of aliphatic imine (C=N–C) groups is 1. The summed E-state index contributed by atoms with van der Waals surface area (Å²) in [5.41, 5.74) is 0. The van der Waals surface area contributed by atoms with Crippen molar-refractivity contribution in [2.75, 3.05) is 45.9 Å². The van der Waals surface area contributed by atoms with Crippen molar-refractivity contribution in [1.82, 2.24) is 15.1 Å². The first-order chi connectivity index (χ1) is 11.3. The molecule has 138 valence electrons. The quantitative estimate of drug-likeness (QED) is 0.394. The molecule has 3 aliphatic rings. The lowest BCUT2D eigenvalue weighted by Crippen LogP contribution is -2.55. The molecule has 0 atom stereocenters. The molecular formula is C17H31IN4O2. The molecule has 0 radical (unpaired) electrons. The van der Waals surface area contributed by atoms with E-state index in [-0.39, 0.29) is 29.9 Å². The molecule has 0 aromatic rings. The molecular weight excluding hydrogens is 419 g/mol. The number of hydrogen-bond acceptors (Lipinski definition) is 3. The van der Waals surface area contributed by atoms with E-state index >= 15 is 0 Å². The number of guanidine groups is 1. The monoisotopic (exact) mass is 450 g/mol. The minimum atomic E-state index is 0. The van der Waals surface area contributed by atoms with Gasteiger partial charge in [-0.05, 0) is 44.9 Å². The van der Waals surface area contributed by atoms with E-state index in [2.05, 4.69) is 22.0 Å². The SMILES string of the molecule is CCNC(=NCCC1CCOCC1)N1CCN(C2CC2)C(=O)C1.I. The van der Waals surface area contributed by atoms with E-state index in [1.165, 1.54) is 12.8 Å². The Morgan fingerprint density at radius 2 is 2.00 bits per heavy atom. The van der Waals surface area contributed by atoms with Crippen LogP contribution in [0.25, 0.3) is 0 Å². The number of piperazine rings is 1. The highest BCUT2D eigenvalue weighted by molar-refractivity contribution is 14.0. The molecule has 0 spiro atoms. The smallest absolute Gasteiger partial charge is 0.242 e. The van der Waals surface area contributed by atoms with Gasteiger partial charge in [-0.15, -0.1) is 24.0 Å². The van der Waals surface area contributed by atoms with Gasteiger partial charge in [0, 0.05) is 45.4 Å². The van der Waals surface area contributed by atoms with E-state index in [4.69, 9.17) is 9.73 Å². The van der Waals surface area contributed by atoms with Gasteiger partial charge in [-0.3, -0.25) is 9.79 Å². The Hall–Kier alpha value is -0.570. The third kappa shape index (κ3) is 5.47. The van der Waals surface area contributed by atoms with Crippen LogP contribution in [0, 0.1) is 5.92 Å². The zero-order chi connectivity index (χ0) is 16.1. The summed E-state index contributed by atoms with van der Waals surface area (Å²) in [5.74, 6) is 1.90. The Bertz CT molecular complexity index is 436. The van der Waals surface area contributed by atoms with Crippen LogP contribution >= 0.6 is 24.0 Å². The van der Waals surface area contributed by atoms with Crippen molar-refractivity contribution in [1.29, 1.82) is 0 Å². The minimum absolute atomic E-state index is 0. The van der Waals surface area contributed by atoms with Gasteiger partial charge in [0.25, 0.3) is 0 Å². The van der Waals surface area contributed by atoms with Gasteiger partial charge in [-0.1, -0.05) is 0 Å². The van der Waals surface area contributed by atoms with Crippen LogP contribution in [0.1, 0.15) is 39.0 Å². The molecule has 1 N–H and O–H groups in total. The molecule has 3 rings (SSSR count). The number of halogens is 1. The van der Waals surface area contributed by atoms with Gasteiger partial charge >= 0.3 is 0 Å². The van der Waals surface area contributed by atoms with E-state index in [0.29, 0.717) is 12.6 Å². The lowest BCUT2D eigenvalue weighted by molar-refractivity contribution is -0.135. The first kappa shape index (κ1) is 19.8. The van der Waals surface area contributed by atoms with Crippen LogP contribution in [0.4, 0.5) is 0 Å². The predicted octanol–water partition coefficient (Wildman–Crippen LogP) is 1.69. The highest BCUT2D eigenvalue weighted by atomic mass is 127. The van der Waals surface area contributed by atoms with Crippen molar-refractivity contribution in [3.8, 4) is 0 Å². The second kappa shape index (κ2) is 9.79. The zero-order valence-corrected chi connectivity index (χ0v) is 17.0. The van der Waals surface area contributed by atoms with Crippen molar-refractivity contribution >= 4 is 35.8 Å². The molecule has 7 heteroatoms. The third-order valence-corrected chi connectivity index (χ3v) is 5.02. The molecule has 2 saturated heterocycles. The predicted molar refractivity (Wildman–Crippen MR) is 106 cm³/mol. The van der Waals surface area contributed by atoms with Crippen LogP contribution in [0.2, 0.25) is 0 Å². The second-order valence-corrected chi connectivity index (χ2v) is 6.82. The summed E-state index contributed by atoms with van der Waals surface area (Å²) in [6.07, 6.45) is 5.81. The number of ether oxygens (including phenoxy) is 1.